The molecular formula is C14H16FN3O2S. The van der Waals surface area contributed by atoms with Crippen LogP contribution in [0, 0.1) is 12.7 Å². The van der Waals surface area contributed by atoms with E-state index in [-0.39, 0.29) is 10.9 Å². The van der Waals surface area contributed by atoms with Crippen molar-refractivity contribution in [1.82, 2.24) is 14.3 Å². The molecule has 21 heavy (non-hydrogen) atoms. The molecule has 1 fully saturated rings. The van der Waals surface area contributed by atoms with Gasteiger partial charge in [-0.25, -0.2) is 17.8 Å². The molecule has 0 spiro atoms. The molecule has 1 aromatic carbocycles. The summed E-state index contributed by atoms with van der Waals surface area (Å²) in [6.45, 7) is 2.29. The maximum absolute atomic E-state index is 13.3. The number of aromatic amines is 1. The third-order valence-electron chi connectivity index (χ3n) is 3.64. The molecule has 1 unspecified atom stereocenters. The van der Waals surface area contributed by atoms with Crippen molar-refractivity contribution in [2.24, 2.45) is 0 Å². The van der Waals surface area contributed by atoms with Crippen LogP contribution in [0.1, 0.15) is 30.4 Å². The van der Waals surface area contributed by atoms with Gasteiger partial charge in [-0.2, -0.15) is 4.31 Å². The molecule has 1 aromatic heterocycles. The molecule has 5 nitrogen and oxygen atoms in total. The van der Waals surface area contributed by atoms with E-state index in [1.165, 1.54) is 22.5 Å². The predicted octanol–water partition coefficient (Wildman–Crippen LogP) is 2.38. The first-order valence-electron chi connectivity index (χ1n) is 6.77. The minimum atomic E-state index is -3.72. The van der Waals surface area contributed by atoms with Gasteiger partial charge in [-0.3, -0.25) is 0 Å². The van der Waals surface area contributed by atoms with Crippen molar-refractivity contribution in [2.45, 2.75) is 30.7 Å². The number of benzene rings is 1. The smallest absolute Gasteiger partial charge is 0.243 e. The van der Waals surface area contributed by atoms with E-state index in [0.29, 0.717) is 18.8 Å². The Morgan fingerprint density at radius 3 is 2.90 bits per heavy atom. The van der Waals surface area contributed by atoms with Crippen LogP contribution in [0.25, 0.3) is 0 Å². The third kappa shape index (κ3) is 2.58. The number of nitrogens with one attached hydrogen (secondary N) is 1. The Kier molecular flexibility index (Phi) is 3.54. The average Bonchev–Trinajstić information content (AvgIpc) is 3.07. The summed E-state index contributed by atoms with van der Waals surface area (Å²) in [5, 5.41) is 0. The molecule has 0 radical (unpaired) electrons. The number of nitrogens with zero attached hydrogens (tertiary/aromatic N) is 2. The van der Waals surface area contributed by atoms with Crippen molar-refractivity contribution in [3.05, 3.63) is 47.8 Å². The molecule has 0 saturated carbocycles. The van der Waals surface area contributed by atoms with Gasteiger partial charge in [0.25, 0.3) is 0 Å². The Morgan fingerprint density at radius 2 is 2.24 bits per heavy atom. The van der Waals surface area contributed by atoms with Crippen LogP contribution in [0.4, 0.5) is 4.39 Å². The fourth-order valence-electron chi connectivity index (χ4n) is 2.67. The molecule has 3 rings (SSSR count). The highest BCUT2D eigenvalue weighted by Gasteiger charge is 2.37. The number of H-pyrrole nitrogens is 1. The van der Waals surface area contributed by atoms with Crippen LogP contribution in [0.2, 0.25) is 0 Å². The summed E-state index contributed by atoms with van der Waals surface area (Å²) in [6, 6.07) is 4.80. The van der Waals surface area contributed by atoms with Crippen molar-refractivity contribution in [3.8, 4) is 0 Å². The molecule has 1 saturated heterocycles. The molecule has 0 amide bonds. The van der Waals surface area contributed by atoms with E-state index in [9.17, 15) is 12.8 Å². The van der Waals surface area contributed by atoms with Gasteiger partial charge >= 0.3 is 0 Å². The first-order chi connectivity index (χ1) is 9.98. The number of imidazole rings is 1. The highest BCUT2D eigenvalue weighted by atomic mass is 32.2. The molecule has 1 aliphatic heterocycles. The maximum atomic E-state index is 13.3. The van der Waals surface area contributed by atoms with Crippen LogP contribution >= 0.6 is 0 Å². The average molecular weight is 309 g/mol. The van der Waals surface area contributed by atoms with Crippen molar-refractivity contribution in [3.63, 3.8) is 0 Å². The standard InChI is InChI=1S/C14H16FN3O2S/c1-10-9-16-14(17-10)13-6-3-7-18(13)21(19,20)12-5-2-4-11(15)8-12/h2,4-5,8-9,13H,3,6-7H2,1H3,(H,16,17). The lowest BCUT2D eigenvalue weighted by Gasteiger charge is -2.22. The molecule has 1 atom stereocenters. The topological polar surface area (TPSA) is 66.1 Å². The number of rotatable bonds is 3. The summed E-state index contributed by atoms with van der Waals surface area (Å²) < 4.78 is 40.1. The number of hydrogen-bond acceptors (Lipinski definition) is 3. The van der Waals surface area contributed by atoms with E-state index < -0.39 is 15.8 Å². The number of sulfonamides is 1. The van der Waals surface area contributed by atoms with Crippen molar-refractivity contribution < 1.29 is 12.8 Å². The lowest BCUT2D eigenvalue weighted by Crippen LogP contribution is -2.31. The second-order valence-corrected chi connectivity index (χ2v) is 7.07. The molecule has 0 aliphatic carbocycles. The molecule has 0 bridgehead atoms. The zero-order valence-corrected chi connectivity index (χ0v) is 12.4. The summed E-state index contributed by atoms with van der Waals surface area (Å²) >= 11 is 0. The summed E-state index contributed by atoms with van der Waals surface area (Å²) in [6.07, 6.45) is 3.15. The minimum Gasteiger partial charge on any atom is -0.345 e. The summed E-state index contributed by atoms with van der Waals surface area (Å²) in [4.78, 5) is 7.31. The third-order valence-corrected chi connectivity index (χ3v) is 5.55. The van der Waals surface area contributed by atoms with Crippen LogP contribution in [-0.2, 0) is 10.0 Å². The van der Waals surface area contributed by atoms with Gasteiger partial charge in [0.15, 0.2) is 0 Å². The van der Waals surface area contributed by atoms with Gasteiger partial charge in [0, 0.05) is 18.4 Å². The normalized spacial score (nSPS) is 20.0. The highest BCUT2D eigenvalue weighted by molar-refractivity contribution is 7.89. The lowest BCUT2D eigenvalue weighted by atomic mass is 10.2. The van der Waals surface area contributed by atoms with Gasteiger partial charge in [0.2, 0.25) is 10.0 Å². The molecule has 1 aliphatic rings. The molecule has 1 N–H and O–H groups in total. The Hall–Kier alpha value is -1.73. The van der Waals surface area contributed by atoms with Crippen molar-refractivity contribution in [1.29, 1.82) is 0 Å². The van der Waals surface area contributed by atoms with Crippen LogP contribution < -0.4 is 0 Å². The number of hydrogen-bond donors (Lipinski definition) is 1. The largest absolute Gasteiger partial charge is 0.345 e. The molecule has 2 heterocycles. The quantitative estimate of drug-likeness (QED) is 0.946. The Morgan fingerprint density at radius 1 is 1.43 bits per heavy atom. The van der Waals surface area contributed by atoms with E-state index in [2.05, 4.69) is 9.97 Å². The summed E-state index contributed by atoms with van der Waals surface area (Å²) in [5.41, 5.74) is 0.889. The maximum Gasteiger partial charge on any atom is 0.243 e. The van der Waals surface area contributed by atoms with Crippen LogP contribution in [0.3, 0.4) is 0 Å². The van der Waals surface area contributed by atoms with E-state index in [1.54, 1.807) is 6.20 Å². The van der Waals surface area contributed by atoms with Gasteiger partial charge in [0.05, 0.1) is 10.9 Å². The Bertz CT molecular complexity index is 757. The fourth-order valence-corrected chi connectivity index (χ4v) is 4.36. The number of aromatic nitrogens is 2. The zero-order valence-electron chi connectivity index (χ0n) is 11.6. The summed E-state index contributed by atoms with van der Waals surface area (Å²) in [5.74, 6) is 0.0886. The van der Waals surface area contributed by atoms with Crippen LogP contribution in [0.15, 0.2) is 35.4 Å². The highest BCUT2D eigenvalue weighted by Crippen LogP contribution is 2.35. The van der Waals surface area contributed by atoms with Gasteiger partial charge in [-0.1, -0.05) is 6.07 Å². The van der Waals surface area contributed by atoms with Crippen molar-refractivity contribution in [2.75, 3.05) is 6.54 Å². The van der Waals surface area contributed by atoms with Crippen LogP contribution in [-0.4, -0.2) is 29.2 Å². The Labute approximate surface area is 122 Å². The molecule has 112 valence electrons. The van der Waals surface area contributed by atoms with Crippen molar-refractivity contribution >= 4 is 10.0 Å². The second kappa shape index (κ2) is 5.23. The second-order valence-electron chi connectivity index (χ2n) is 5.18. The molecule has 7 heteroatoms. The molecular weight excluding hydrogens is 293 g/mol. The van der Waals surface area contributed by atoms with Gasteiger partial charge < -0.3 is 4.98 Å². The Balaban J connectivity index is 1.98. The SMILES string of the molecule is Cc1cnc(C2CCCN2S(=O)(=O)c2cccc(F)c2)[nH]1. The number of halogens is 1. The zero-order chi connectivity index (χ0) is 15.0. The lowest BCUT2D eigenvalue weighted by molar-refractivity contribution is 0.384. The first-order valence-corrected chi connectivity index (χ1v) is 8.21. The minimum absolute atomic E-state index is 0.0160. The van der Waals surface area contributed by atoms with Gasteiger partial charge in [-0.05, 0) is 38.0 Å². The van der Waals surface area contributed by atoms with Gasteiger partial charge in [0.1, 0.15) is 11.6 Å². The van der Waals surface area contributed by atoms with E-state index in [0.717, 1.165) is 18.2 Å². The molecule has 2 aromatic rings. The number of aryl methyl sites for hydroxylation is 1. The first kappa shape index (κ1) is 14.2. The van der Waals surface area contributed by atoms with E-state index in [4.69, 9.17) is 0 Å². The van der Waals surface area contributed by atoms with E-state index in [1.807, 2.05) is 6.92 Å². The van der Waals surface area contributed by atoms with E-state index >= 15 is 0 Å². The fraction of sp³-hybridized carbons (Fsp3) is 0.357. The van der Waals surface area contributed by atoms with Gasteiger partial charge in [-0.15, -0.1) is 0 Å². The monoisotopic (exact) mass is 309 g/mol. The predicted molar refractivity (Wildman–Crippen MR) is 75.6 cm³/mol. The van der Waals surface area contributed by atoms with Crippen LogP contribution in [0.5, 0.6) is 0 Å². The summed E-state index contributed by atoms with van der Waals surface area (Å²) in [7, 11) is -3.72.